The molecule has 1 aromatic carbocycles. The summed E-state index contributed by atoms with van der Waals surface area (Å²) >= 11 is 11.9. The van der Waals surface area contributed by atoms with E-state index in [0.717, 1.165) is 12.8 Å². The van der Waals surface area contributed by atoms with Crippen LogP contribution in [0.15, 0.2) is 28.8 Å². The summed E-state index contributed by atoms with van der Waals surface area (Å²) in [4.78, 5) is 16.2. The highest BCUT2D eigenvalue weighted by Crippen LogP contribution is 2.32. The Labute approximate surface area is 148 Å². The van der Waals surface area contributed by atoms with Crippen molar-refractivity contribution in [3.05, 3.63) is 40.3 Å². The minimum Gasteiger partial charge on any atom is -0.423 e. The Hall–Kier alpha value is -1.76. The van der Waals surface area contributed by atoms with Crippen LogP contribution in [0.4, 0.5) is 0 Å². The molecule has 3 heterocycles. The largest absolute Gasteiger partial charge is 0.423 e. The van der Waals surface area contributed by atoms with Crippen LogP contribution in [0.3, 0.4) is 0 Å². The quantitative estimate of drug-likeness (QED) is 0.865. The fourth-order valence-electron chi connectivity index (χ4n) is 3.29. The summed E-state index contributed by atoms with van der Waals surface area (Å²) in [6, 6.07) is 5.80. The fraction of sp³-hybridized carbons (Fsp3) is 0.375. The summed E-state index contributed by atoms with van der Waals surface area (Å²) in [5.74, 6) is 0.0983. The molecule has 0 spiro atoms. The molecule has 2 aliphatic rings. The number of ether oxygens (including phenoxy) is 1. The number of amides is 1. The second-order valence-corrected chi connectivity index (χ2v) is 6.87. The van der Waals surface area contributed by atoms with Gasteiger partial charge in [-0.05, 0) is 37.5 Å². The third-order valence-electron chi connectivity index (χ3n) is 4.40. The topological polar surface area (TPSA) is 76.4 Å². The van der Waals surface area contributed by atoms with Gasteiger partial charge in [0.25, 0.3) is 5.89 Å². The van der Waals surface area contributed by atoms with E-state index in [4.69, 9.17) is 32.4 Å². The van der Waals surface area contributed by atoms with Crippen LogP contribution in [-0.4, -0.2) is 29.0 Å². The Morgan fingerprint density at radius 2 is 2.25 bits per heavy atom. The van der Waals surface area contributed by atoms with Crippen LogP contribution in [0.2, 0.25) is 10.0 Å². The Morgan fingerprint density at radius 1 is 1.38 bits per heavy atom. The van der Waals surface area contributed by atoms with Crippen molar-refractivity contribution in [1.29, 1.82) is 0 Å². The van der Waals surface area contributed by atoms with Crippen molar-refractivity contribution in [2.24, 2.45) is 0 Å². The molecule has 0 saturated carbocycles. The lowest BCUT2D eigenvalue weighted by molar-refractivity contribution is 0.0891. The van der Waals surface area contributed by atoms with E-state index in [9.17, 15) is 4.79 Å². The average molecular weight is 368 g/mol. The van der Waals surface area contributed by atoms with Crippen LogP contribution in [0.25, 0.3) is 0 Å². The van der Waals surface area contributed by atoms with E-state index in [1.165, 1.54) is 12.6 Å². The van der Waals surface area contributed by atoms with E-state index in [-0.39, 0.29) is 23.8 Å². The fourth-order valence-corrected chi connectivity index (χ4v) is 3.74. The number of hydrogen-bond acceptors (Lipinski definition) is 5. The van der Waals surface area contributed by atoms with Gasteiger partial charge in [0, 0.05) is 23.1 Å². The molecule has 24 heavy (non-hydrogen) atoms. The summed E-state index contributed by atoms with van der Waals surface area (Å²) in [5.41, 5.74) is 0. The lowest BCUT2D eigenvalue weighted by Crippen LogP contribution is -2.43. The van der Waals surface area contributed by atoms with Crippen LogP contribution in [0.5, 0.6) is 11.7 Å². The molecule has 2 saturated heterocycles. The van der Waals surface area contributed by atoms with Gasteiger partial charge in [-0.25, -0.2) is 4.98 Å². The number of carbonyl (C=O) groups excluding carboxylic acids is 1. The summed E-state index contributed by atoms with van der Waals surface area (Å²) in [5, 5.41) is 7.28. The zero-order valence-electron chi connectivity index (χ0n) is 12.6. The van der Waals surface area contributed by atoms with E-state index in [1.807, 2.05) is 0 Å². The van der Waals surface area contributed by atoms with Crippen molar-refractivity contribution >= 4 is 29.1 Å². The number of oxazole rings is 1. The normalized spacial score (nSPS) is 25.0. The van der Waals surface area contributed by atoms with Crippen molar-refractivity contribution in [1.82, 2.24) is 15.6 Å². The van der Waals surface area contributed by atoms with Gasteiger partial charge in [0.05, 0.1) is 5.02 Å². The molecule has 0 aliphatic carbocycles. The Bertz CT molecular complexity index is 780. The van der Waals surface area contributed by atoms with E-state index < -0.39 is 0 Å². The first-order valence-electron chi connectivity index (χ1n) is 7.74. The highest BCUT2D eigenvalue weighted by Gasteiger charge is 2.40. The molecule has 1 aromatic heterocycles. The maximum atomic E-state index is 12.3. The van der Waals surface area contributed by atoms with Crippen LogP contribution in [0.1, 0.15) is 29.9 Å². The first-order chi connectivity index (χ1) is 11.6. The summed E-state index contributed by atoms with van der Waals surface area (Å²) in [7, 11) is 0. The average Bonchev–Trinajstić information content (AvgIpc) is 3.26. The number of carbonyl (C=O) groups is 1. The number of nitrogens with one attached hydrogen (secondary N) is 2. The van der Waals surface area contributed by atoms with E-state index in [1.54, 1.807) is 18.2 Å². The second-order valence-electron chi connectivity index (χ2n) is 6.02. The molecule has 2 N–H and O–H groups in total. The SMILES string of the molecule is O=C(N[C@@H]1C[C@H]2CC[C@@H]1N2)c1ncc(Oc2ccc(Cl)cc2Cl)o1. The van der Waals surface area contributed by atoms with E-state index in [0.29, 0.717) is 27.9 Å². The molecule has 2 fully saturated rings. The van der Waals surface area contributed by atoms with Gasteiger partial charge in [0.1, 0.15) is 11.9 Å². The molecule has 2 aliphatic heterocycles. The predicted molar refractivity (Wildman–Crippen MR) is 88.9 cm³/mol. The molecule has 2 bridgehead atoms. The lowest BCUT2D eigenvalue weighted by atomic mass is 9.95. The van der Waals surface area contributed by atoms with E-state index >= 15 is 0 Å². The van der Waals surface area contributed by atoms with Gasteiger partial charge in [-0.15, -0.1) is 0 Å². The standard InChI is InChI=1S/C16H15Cl2N3O3/c17-8-1-4-13(10(18)5-8)23-14-7-19-16(24-14)15(22)21-12-6-9-2-3-11(12)20-9/h1,4-5,7,9,11-12,20H,2-3,6H2,(H,21,22)/t9-,11+,12-/m1/s1. The van der Waals surface area contributed by atoms with Crippen molar-refractivity contribution in [3.8, 4) is 11.7 Å². The minimum atomic E-state index is -0.341. The van der Waals surface area contributed by atoms with Gasteiger partial charge < -0.3 is 19.8 Å². The molecule has 126 valence electrons. The van der Waals surface area contributed by atoms with Crippen LogP contribution in [0, 0.1) is 0 Å². The molecule has 2 aromatic rings. The summed E-state index contributed by atoms with van der Waals surface area (Å²) in [6.07, 6.45) is 4.56. The second kappa shape index (κ2) is 6.27. The summed E-state index contributed by atoms with van der Waals surface area (Å²) < 4.78 is 10.9. The highest BCUT2D eigenvalue weighted by molar-refractivity contribution is 6.35. The highest BCUT2D eigenvalue weighted by atomic mass is 35.5. The molecule has 4 rings (SSSR count). The van der Waals surface area contributed by atoms with Crippen molar-refractivity contribution in [2.45, 2.75) is 37.4 Å². The monoisotopic (exact) mass is 367 g/mol. The third-order valence-corrected chi connectivity index (χ3v) is 4.93. The first kappa shape index (κ1) is 15.7. The number of aromatic nitrogens is 1. The summed E-state index contributed by atoms with van der Waals surface area (Å²) in [6.45, 7) is 0. The zero-order valence-corrected chi connectivity index (χ0v) is 14.1. The molecular weight excluding hydrogens is 353 g/mol. The number of rotatable bonds is 4. The van der Waals surface area contributed by atoms with Gasteiger partial charge in [0.15, 0.2) is 0 Å². The maximum absolute atomic E-state index is 12.3. The number of benzene rings is 1. The number of hydrogen-bond donors (Lipinski definition) is 2. The smallest absolute Gasteiger partial charge is 0.311 e. The van der Waals surface area contributed by atoms with Gasteiger partial charge in [-0.2, -0.15) is 0 Å². The van der Waals surface area contributed by atoms with Gasteiger partial charge in [-0.1, -0.05) is 23.2 Å². The predicted octanol–water partition coefficient (Wildman–Crippen LogP) is 3.40. The van der Waals surface area contributed by atoms with Gasteiger partial charge >= 0.3 is 11.9 Å². The molecule has 0 radical (unpaired) electrons. The van der Waals surface area contributed by atoms with Crippen LogP contribution in [-0.2, 0) is 0 Å². The zero-order chi connectivity index (χ0) is 16.7. The maximum Gasteiger partial charge on any atom is 0.311 e. The van der Waals surface area contributed by atoms with E-state index in [2.05, 4.69) is 15.6 Å². The number of nitrogens with zero attached hydrogens (tertiary/aromatic N) is 1. The van der Waals surface area contributed by atoms with Crippen LogP contribution >= 0.6 is 23.2 Å². The third kappa shape index (κ3) is 3.09. The molecule has 8 heteroatoms. The Morgan fingerprint density at radius 3 is 2.96 bits per heavy atom. The lowest BCUT2D eigenvalue weighted by Gasteiger charge is -2.20. The number of halogens is 2. The molecule has 3 atom stereocenters. The Balaban J connectivity index is 1.41. The molecule has 0 unspecified atom stereocenters. The van der Waals surface area contributed by atoms with Crippen LogP contribution < -0.4 is 15.4 Å². The van der Waals surface area contributed by atoms with Gasteiger partial charge in [-0.3, -0.25) is 4.79 Å². The van der Waals surface area contributed by atoms with Crippen molar-refractivity contribution in [3.63, 3.8) is 0 Å². The molecule has 1 amide bonds. The number of fused-ring (bicyclic) bond motifs is 2. The Kier molecular flexibility index (Phi) is 4.12. The molecule has 6 nitrogen and oxygen atoms in total. The van der Waals surface area contributed by atoms with Gasteiger partial charge in [0.2, 0.25) is 0 Å². The first-order valence-corrected chi connectivity index (χ1v) is 8.50. The molecular formula is C16H15Cl2N3O3. The minimum absolute atomic E-state index is 0.0298. The van der Waals surface area contributed by atoms with Crippen molar-refractivity contribution < 1.29 is 13.9 Å². The van der Waals surface area contributed by atoms with Crippen molar-refractivity contribution in [2.75, 3.05) is 0 Å².